The third-order valence-corrected chi connectivity index (χ3v) is 5.89. The van der Waals surface area contributed by atoms with E-state index in [1.165, 1.54) is 6.08 Å². The number of anilines is 1. The van der Waals surface area contributed by atoms with E-state index in [1.54, 1.807) is 38.0 Å². The molecule has 2 aromatic carbocycles. The van der Waals surface area contributed by atoms with E-state index in [1.807, 2.05) is 53.4 Å². The summed E-state index contributed by atoms with van der Waals surface area (Å²) in [7, 11) is 3.25. The van der Waals surface area contributed by atoms with Gasteiger partial charge in [0.25, 0.3) is 5.91 Å². The molecule has 0 bridgehead atoms. The third kappa shape index (κ3) is 5.68. The van der Waals surface area contributed by atoms with Crippen molar-refractivity contribution >= 4 is 23.6 Å². The van der Waals surface area contributed by atoms with Gasteiger partial charge in [0.2, 0.25) is 0 Å². The molecule has 0 aliphatic carbocycles. The van der Waals surface area contributed by atoms with Crippen molar-refractivity contribution in [2.24, 2.45) is 0 Å². The second-order valence-electron chi connectivity index (χ2n) is 8.14. The monoisotopic (exact) mass is 490 g/mol. The third-order valence-electron chi connectivity index (χ3n) is 5.89. The second-order valence-corrected chi connectivity index (χ2v) is 8.14. The van der Waals surface area contributed by atoms with Gasteiger partial charge in [-0.2, -0.15) is 5.10 Å². The molecule has 0 atom stereocenters. The maximum atomic E-state index is 13.6. The maximum absolute atomic E-state index is 13.6. The average molecular weight is 491 g/mol. The summed E-state index contributed by atoms with van der Waals surface area (Å²) in [5, 5.41) is 4.57. The van der Waals surface area contributed by atoms with Gasteiger partial charge in [0.1, 0.15) is 17.2 Å². The van der Waals surface area contributed by atoms with Crippen LogP contribution in [0.1, 0.15) is 23.1 Å². The molecule has 0 spiro atoms. The lowest BCUT2D eigenvalue weighted by Crippen LogP contribution is -2.49. The maximum Gasteiger partial charge on any atom is 0.330 e. The summed E-state index contributed by atoms with van der Waals surface area (Å²) in [6.45, 7) is 4.46. The highest BCUT2D eigenvalue weighted by Gasteiger charge is 2.26. The predicted octanol–water partition coefficient (Wildman–Crippen LogP) is 3.43. The van der Waals surface area contributed by atoms with Crippen LogP contribution in [0, 0.1) is 0 Å². The molecule has 1 aromatic heterocycles. The summed E-state index contributed by atoms with van der Waals surface area (Å²) in [6.07, 6.45) is 2.87. The number of esters is 1. The zero-order chi connectivity index (χ0) is 25.5. The Balaban J connectivity index is 1.53. The lowest BCUT2D eigenvalue weighted by Gasteiger charge is -2.36. The second kappa shape index (κ2) is 11.4. The van der Waals surface area contributed by atoms with E-state index in [0.717, 1.165) is 22.9 Å². The van der Waals surface area contributed by atoms with E-state index in [-0.39, 0.29) is 5.91 Å². The summed E-state index contributed by atoms with van der Waals surface area (Å²) in [6, 6.07) is 16.9. The molecule has 1 saturated heterocycles. The Morgan fingerprint density at radius 3 is 2.19 bits per heavy atom. The van der Waals surface area contributed by atoms with E-state index in [0.29, 0.717) is 44.2 Å². The number of piperazine rings is 1. The molecule has 0 N–H and O–H groups in total. The van der Waals surface area contributed by atoms with E-state index >= 15 is 0 Å². The fourth-order valence-corrected chi connectivity index (χ4v) is 4.05. The molecule has 1 aliphatic heterocycles. The van der Waals surface area contributed by atoms with Crippen LogP contribution in [0.25, 0.3) is 11.8 Å². The number of carbonyl (C=O) groups excluding carboxylic acids is 2. The van der Waals surface area contributed by atoms with E-state index in [9.17, 15) is 9.59 Å². The molecule has 1 amide bonds. The highest BCUT2D eigenvalue weighted by Crippen LogP contribution is 2.29. The van der Waals surface area contributed by atoms with Gasteiger partial charge in [0.05, 0.1) is 32.2 Å². The normalized spacial score (nSPS) is 13.6. The van der Waals surface area contributed by atoms with Crippen molar-refractivity contribution < 1.29 is 23.8 Å². The molecular formula is C27H30N4O5. The number of hydrogen-bond acceptors (Lipinski definition) is 7. The Labute approximate surface area is 210 Å². The molecule has 9 nitrogen and oxygen atoms in total. The van der Waals surface area contributed by atoms with E-state index in [2.05, 4.69) is 10.00 Å². The summed E-state index contributed by atoms with van der Waals surface area (Å²) in [4.78, 5) is 29.4. The number of methoxy groups -OCH3 is 2. The van der Waals surface area contributed by atoms with Crippen LogP contribution in [0.2, 0.25) is 0 Å². The predicted molar refractivity (Wildman–Crippen MR) is 137 cm³/mol. The minimum Gasteiger partial charge on any atom is -0.497 e. The SMILES string of the molecule is CCOC(=O)C=Cc1cc(C(=O)N2CCN(c3cc(OC)cc(OC)c3)CC2)n(-c2ccccc2)n1. The van der Waals surface area contributed by atoms with Crippen LogP contribution in [0.4, 0.5) is 5.69 Å². The number of amides is 1. The minimum absolute atomic E-state index is 0.120. The Morgan fingerprint density at radius 1 is 0.917 bits per heavy atom. The molecule has 1 aliphatic rings. The van der Waals surface area contributed by atoms with Crippen molar-refractivity contribution in [1.29, 1.82) is 0 Å². The van der Waals surface area contributed by atoms with Gasteiger partial charge in [-0.15, -0.1) is 0 Å². The van der Waals surface area contributed by atoms with Crippen LogP contribution in [-0.2, 0) is 9.53 Å². The van der Waals surface area contributed by atoms with Crippen molar-refractivity contribution in [3.05, 3.63) is 72.1 Å². The summed E-state index contributed by atoms with van der Waals surface area (Å²) < 4.78 is 17.4. The first-order valence-electron chi connectivity index (χ1n) is 11.8. The standard InChI is InChI=1S/C27H30N4O5/c1-4-36-26(32)11-10-20-16-25(31(28-20)21-8-6-5-7-9-21)27(33)30-14-12-29(13-15-30)22-17-23(34-2)19-24(18-22)35-3/h5-11,16-19H,4,12-15H2,1-3H3. The van der Waals surface area contributed by atoms with Crippen molar-refractivity contribution in [2.45, 2.75) is 6.92 Å². The molecule has 3 aromatic rings. The summed E-state index contributed by atoms with van der Waals surface area (Å²) in [5.74, 6) is 0.867. The van der Waals surface area contributed by atoms with Crippen LogP contribution < -0.4 is 14.4 Å². The molecule has 0 saturated carbocycles. The number of para-hydroxylation sites is 1. The number of benzene rings is 2. The zero-order valence-electron chi connectivity index (χ0n) is 20.7. The molecule has 0 unspecified atom stereocenters. The van der Waals surface area contributed by atoms with Gasteiger partial charge in [0.15, 0.2) is 0 Å². The first-order valence-corrected chi connectivity index (χ1v) is 11.8. The molecule has 2 heterocycles. The number of nitrogens with zero attached hydrogens (tertiary/aromatic N) is 4. The number of carbonyl (C=O) groups is 2. The Hall–Kier alpha value is -4.27. The highest BCUT2D eigenvalue weighted by molar-refractivity contribution is 5.94. The van der Waals surface area contributed by atoms with Gasteiger partial charge in [-0.05, 0) is 31.2 Å². The van der Waals surface area contributed by atoms with Gasteiger partial charge >= 0.3 is 5.97 Å². The van der Waals surface area contributed by atoms with Crippen molar-refractivity contribution in [3.8, 4) is 17.2 Å². The van der Waals surface area contributed by atoms with Gasteiger partial charge in [-0.25, -0.2) is 9.48 Å². The molecule has 188 valence electrons. The van der Waals surface area contributed by atoms with E-state index in [4.69, 9.17) is 14.2 Å². The minimum atomic E-state index is -0.454. The molecule has 9 heteroatoms. The summed E-state index contributed by atoms with van der Waals surface area (Å²) >= 11 is 0. The number of hydrogen-bond donors (Lipinski definition) is 0. The largest absolute Gasteiger partial charge is 0.497 e. The van der Waals surface area contributed by atoms with Crippen LogP contribution in [-0.4, -0.2) is 73.6 Å². The van der Waals surface area contributed by atoms with Gasteiger partial charge < -0.3 is 24.0 Å². The molecule has 0 radical (unpaired) electrons. The van der Waals surface area contributed by atoms with Crippen molar-refractivity contribution in [1.82, 2.24) is 14.7 Å². The average Bonchev–Trinajstić information content (AvgIpc) is 3.36. The Bertz CT molecular complexity index is 1210. The van der Waals surface area contributed by atoms with Crippen molar-refractivity contribution in [3.63, 3.8) is 0 Å². The summed E-state index contributed by atoms with van der Waals surface area (Å²) in [5.41, 5.74) is 2.68. The lowest BCUT2D eigenvalue weighted by molar-refractivity contribution is -0.137. The highest BCUT2D eigenvalue weighted by atomic mass is 16.5. The van der Waals surface area contributed by atoms with Crippen molar-refractivity contribution in [2.75, 3.05) is 51.9 Å². The molecule has 36 heavy (non-hydrogen) atoms. The van der Waals surface area contributed by atoms with Crippen LogP contribution in [0.5, 0.6) is 11.5 Å². The zero-order valence-corrected chi connectivity index (χ0v) is 20.7. The van der Waals surface area contributed by atoms with Gasteiger partial charge in [0, 0.05) is 56.1 Å². The first-order chi connectivity index (χ1) is 17.5. The van der Waals surface area contributed by atoms with Crippen LogP contribution >= 0.6 is 0 Å². The molecule has 4 rings (SSSR count). The first kappa shape index (κ1) is 24.8. The Kier molecular flexibility index (Phi) is 7.89. The lowest BCUT2D eigenvalue weighted by atomic mass is 10.2. The number of rotatable bonds is 8. The van der Waals surface area contributed by atoms with Gasteiger partial charge in [-0.1, -0.05) is 18.2 Å². The Morgan fingerprint density at radius 2 is 1.58 bits per heavy atom. The quantitative estimate of drug-likeness (QED) is 0.353. The number of ether oxygens (including phenoxy) is 3. The van der Waals surface area contributed by atoms with E-state index < -0.39 is 5.97 Å². The topological polar surface area (TPSA) is 86.1 Å². The smallest absolute Gasteiger partial charge is 0.330 e. The van der Waals surface area contributed by atoms with Gasteiger partial charge in [-0.3, -0.25) is 4.79 Å². The molecular weight excluding hydrogens is 460 g/mol. The van der Waals surface area contributed by atoms with Crippen LogP contribution in [0.15, 0.2) is 60.7 Å². The molecule has 1 fully saturated rings. The number of aromatic nitrogens is 2. The van der Waals surface area contributed by atoms with Crippen LogP contribution in [0.3, 0.4) is 0 Å². The fourth-order valence-electron chi connectivity index (χ4n) is 4.05. The fraction of sp³-hybridized carbons (Fsp3) is 0.296.